The average molecular weight is 279 g/mol. The van der Waals surface area contributed by atoms with Crippen LogP contribution in [-0.4, -0.2) is 49.1 Å². The van der Waals surface area contributed by atoms with Gasteiger partial charge in [0.2, 0.25) is 0 Å². The Balaban J connectivity index is 2.80. The highest BCUT2D eigenvalue weighted by Gasteiger charge is 2.05. The lowest BCUT2D eigenvalue weighted by atomic mass is 10.1. The normalized spacial score (nSPS) is 10.8. The molecule has 0 radical (unpaired) electrons. The molecule has 1 aromatic carbocycles. The second-order valence-corrected chi connectivity index (χ2v) is 4.11. The van der Waals surface area contributed by atoms with Crippen LogP contribution in [0, 0.1) is 0 Å². The van der Waals surface area contributed by atoms with Gasteiger partial charge in [-0.25, -0.2) is 4.79 Å². The maximum atomic E-state index is 11.3. The van der Waals surface area contributed by atoms with Crippen molar-refractivity contribution in [1.82, 2.24) is 0 Å². The van der Waals surface area contributed by atoms with Crippen molar-refractivity contribution >= 4 is 17.7 Å². The fraction of sp³-hybridized carbons (Fsp3) is 0.400. The standard InChI is InChI=1S/C15H21NO4/c1-2-20-15(19)7-6-13-4-3-5-14(12-13)16(8-10-17)9-11-18/h3-7,12,17-18H,2,8-11H2,1H3/b7-6-. The maximum absolute atomic E-state index is 11.3. The Labute approximate surface area is 119 Å². The second kappa shape index (κ2) is 9.12. The highest BCUT2D eigenvalue weighted by atomic mass is 16.5. The van der Waals surface area contributed by atoms with Crippen LogP contribution in [0.3, 0.4) is 0 Å². The molecule has 0 heterocycles. The summed E-state index contributed by atoms with van der Waals surface area (Å²) < 4.78 is 4.82. The zero-order valence-electron chi connectivity index (χ0n) is 11.7. The molecule has 0 aliphatic carbocycles. The third-order valence-corrected chi connectivity index (χ3v) is 2.67. The Morgan fingerprint density at radius 1 is 1.30 bits per heavy atom. The Hall–Kier alpha value is -1.85. The number of benzene rings is 1. The minimum Gasteiger partial charge on any atom is -0.463 e. The van der Waals surface area contributed by atoms with Crippen molar-refractivity contribution in [3.8, 4) is 0 Å². The molecule has 0 bridgehead atoms. The van der Waals surface area contributed by atoms with Crippen LogP contribution in [0.4, 0.5) is 5.69 Å². The minimum atomic E-state index is -0.375. The van der Waals surface area contributed by atoms with Gasteiger partial charge < -0.3 is 19.8 Å². The van der Waals surface area contributed by atoms with Crippen molar-refractivity contribution in [3.63, 3.8) is 0 Å². The molecule has 2 N–H and O–H groups in total. The van der Waals surface area contributed by atoms with Crippen molar-refractivity contribution in [2.45, 2.75) is 6.92 Å². The van der Waals surface area contributed by atoms with Crippen LogP contribution < -0.4 is 4.90 Å². The molecular formula is C15H21NO4. The van der Waals surface area contributed by atoms with Gasteiger partial charge in [0, 0.05) is 24.9 Å². The van der Waals surface area contributed by atoms with E-state index < -0.39 is 0 Å². The molecule has 0 unspecified atom stereocenters. The summed E-state index contributed by atoms with van der Waals surface area (Å²) in [6.45, 7) is 3.04. The number of nitrogens with zero attached hydrogens (tertiary/aromatic N) is 1. The summed E-state index contributed by atoms with van der Waals surface area (Å²) in [4.78, 5) is 13.1. The molecular weight excluding hydrogens is 258 g/mol. The molecule has 0 fully saturated rings. The van der Waals surface area contributed by atoms with E-state index in [0.29, 0.717) is 19.7 Å². The molecule has 1 aromatic rings. The van der Waals surface area contributed by atoms with Gasteiger partial charge in [0.05, 0.1) is 19.8 Å². The van der Waals surface area contributed by atoms with Crippen LogP contribution in [0.5, 0.6) is 0 Å². The van der Waals surface area contributed by atoms with Crippen LogP contribution in [0.15, 0.2) is 30.3 Å². The van der Waals surface area contributed by atoms with Crippen molar-refractivity contribution in [2.75, 3.05) is 37.8 Å². The van der Waals surface area contributed by atoms with Gasteiger partial charge in [-0.3, -0.25) is 0 Å². The molecule has 0 atom stereocenters. The van der Waals surface area contributed by atoms with Gasteiger partial charge in [-0.2, -0.15) is 0 Å². The van der Waals surface area contributed by atoms with Crippen LogP contribution in [0.2, 0.25) is 0 Å². The third kappa shape index (κ3) is 5.42. The predicted molar refractivity (Wildman–Crippen MR) is 78.5 cm³/mol. The summed E-state index contributed by atoms with van der Waals surface area (Å²) in [5, 5.41) is 18.1. The molecule has 1 rings (SSSR count). The molecule has 0 spiro atoms. The zero-order valence-corrected chi connectivity index (χ0v) is 11.7. The van der Waals surface area contributed by atoms with Gasteiger partial charge >= 0.3 is 5.97 Å². The van der Waals surface area contributed by atoms with Crippen molar-refractivity contribution in [3.05, 3.63) is 35.9 Å². The Morgan fingerprint density at radius 3 is 2.60 bits per heavy atom. The van der Waals surface area contributed by atoms with E-state index >= 15 is 0 Å². The van der Waals surface area contributed by atoms with E-state index in [1.807, 2.05) is 29.2 Å². The number of aliphatic hydroxyl groups excluding tert-OH is 2. The zero-order chi connectivity index (χ0) is 14.8. The van der Waals surface area contributed by atoms with E-state index in [9.17, 15) is 4.79 Å². The number of hydrogen-bond acceptors (Lipinski definition) is 5. The highest BCUT2D eigenvalue weighted by Crippen LogP contribution is 2.16. The molecule has 110 valence electrons. The van der Waals surface area contributed by atoms with Crippen LogP contribution in [0.25, 0.3) is 6.08 Å². The Kier molecular flexibility index (Phi) is 7.39. The highest BCUT2D eigenvalue weighted by molar-refractivity contribution is 5.87. The molecule has 0 aliphatic heterocycles. The second-order valence-electron chi connectivity index (χ2n) is 4.11. The van der Waals surface area contributed by atoms with Gasteiger partial charge in [-0.05, 0) is 30.7 Å². The van der Waals surface area contributed by atoms with E-state index in [1.54, 1.807) is 13.0 Å². The smallest absolute Gasteiger partial charge is 0.330 e. The van der Waals surface area contributed by atoms with Crippen LogP contribution >= 0.6 is 0 Å². The fourth-order valence-corrected chi connectivity index (χ4v) is 1.79. The van der Waals surface area contributed by atoms with Crippen molar-refractivity contribution in [1.29, 1.82) is 0 Å². The fourth-order valence-electron chi connectivity index (χ4n) is 1.79. The molecule has 0 aromatic heterocycles. The number of carbonyl (C=O) groups is 1. The molecule has 0 aliphatic rings. The number of ether oxygens (including phenoxy) is 1. The number of anilines is 1. The van der Waals surface area contributed by atoms with Crippen LogP contribution in [-0.2, 0) is 9.53 Å². The van der Waals surface area contributed by atoms with E-state index in [2.05, 4.69) is 0 Å². The predicted octanol–water partition coefficient (Wildman–Crippen LogP) is 1.05. The first kappa shape index (κ1) is 16.2. The largest absolute Gasteiger partial charge is 0.463 e. The molecule has 20 heavy (non-hydrogen) atoms. The van der Waals surface area contributed by atoms with E-state index in [0.717, 1.165) is 11.3 Å². The van der Waals surface area contributed by atoms with Gasteiger partial charge in [0.15, 0.2) is 0 Å². The summed E-state index contributed by atoms with van der Waals surface area (Å²) in [5.41, 5.74) is 1.75. The van der Waals surface area contributed by atoms with Gasteiger partial charge in [-0.1, -0.05) is 12.1 Å². The number of rotatable bonds is 8. The topological polar surface area (TPSA) is 70.0 Å². The molecule has 5 nitrogen and oxygen atoms in total. The molecule has 0 saturated heterocycles. The quantitative estimate of drug-likeness (QED) is 0.550. The maximum Gasteiger partial charge on any atom is 0.330 e. The average Bonchev–Trinajstić information content (AvgIpc) is 2.45. The lowest BCUT2D eigenvalue weighted by Gasteiger charge is -2.23. The number of esters is 1. The van der Waals surface area contributed by atoms with E-state index in [-0.39, 0.29) is 19.2 Å². The van der Waals surface area contributed by atoms with Crippen molar-refractivity contribution in [2.24, 2.45) is 0 Å². The lowest BCUT2D eigenvalue weighted by Crippen LogP contribution is -2.29. The summed E-state index contributed by atoms with van der Waals surface area (Å²) >= 11 is 0. The van der Waals surface area contributed by atoms with Gasteiger partial charge in [0.1, 0.15) is 0 Å². The lowest BCUT2D eigenvalue weighted by molar-refractivity contribution is -0.137. The monoisotopic (exact) mass is 279 g/mol. The van der Waals surface area contributed by atoms with Crippen molar-refractivity contribution < 1.29 is 19.7 Å². The number of hydrogen-bond donors (Lipinski definition) is 2. The van der Waals surface area contributed by atoms with Gasteiger partial charge in [0.25, 0.3) is 0 Å². The number of carbonyl (C=O) groups excluding carboxylic acids is 1. The first-order valence-corrected chi connectivity index (χ1v) is 6.62. The van der Waals surface area contributed by atoms with E-state index in [4.69, 9.17) is 14.9 Å². The SMILES string of the molecule is CCOC(=O)/C=C\c1cccc(N(CCO)CCO)c1. The first-order chi connectivity index (χ1) is 9.71. The van der Waals surface area contributed by atoms with Gasteiger partial charge in [-0.15, -0.1) is 0 Å². The first-order valence-electron chi connectivity index (χ1n) is 6.62. The van der Waals surface area contributed by atoms with Crippen LogP contribution in [0.1, 0.15) is 12.5 Å². The summed E-state index contributed by atoms with van der Waals surface area (Å²) in [7, 11) is 0. The third-order valence-electron chi connectivity index (χ3n) is 2.67. The molecule has 0 saturated carbocycles. The Morgan fingerprint density at radius 2 is 2.00 bits per heavy atom. The summed E-state index contributed by atoms with van der Waals surface area (Å²) in [6, 6.07) is 7.52. The minimum absolute atomic E-state index is 0.0168. The Bertz CT molecular complexity index is 439. The summed E-state index contributed by atoms with van der Waals surface area (Å²) in [5.74, 6) is -0.375. The summed E-state index contributed by atoms with van der Waals surface area (Å²) in [6.07, 6.45) is 3.06. The number of aliphatic hydroxyl groups is 2. The molecule has 0 amide bonds. The molecule has 5 heteroatoms. The van der Waals surface area contributed by atoms with E-state index in [1.165, 1.54) is 6.08 Å².